The third kappa shape index (κ3) is 3.28. The Bertz CT molecular complexity index is 639. The molecule has 0 fully saturated rings. The van der Waals surface area contributed by atoms with Gasteiger partial charge >= 0.3 is 0 Å². The zero-order valence-corrected chi connectivity index (χ0v) is 10.8. The van der Waals surface area contributed by atoms with E-state index in [9.17, 15) is 13.6 Å². The van der Waals surface area contributed by atoms with Gasteiger partial charge < -0.3 is 11.1 Å². The van der Waals surface area contributed by atoms with Crippen molar-refractivity contribution in [2.75, 3.05) is 5.73 Å². The number of hydrogen-bond donors (Lipinski definition) is 2. The van der Waals surface area contributed by atoms with Crippen molar-refractivity contribution in [3.63, 3.8) is 0 Å². The molecule has 1 heterocycles. The van der Waals surface area contributed by atoms with Crippen LogP contribution in [0.1, 0.15) is 21.6 Å². The van der Waals surface area contributed by atoms with Gasteiger partial charge in [-0.1, -0.05) is 6.07 Å². The standard InChI is InChI=1S/C14H13F2N3O/c1-8-4-10(6-13(17)19-8)14(20)18-7-9-2-3-11(15)12(16)5-9/h2-6H,7H2,1H3,(H2,17,19)(H,18,20). The van der Waals surface area contributed by atoms with Gasteiger partial charge in [0.2, 0.25) is 0 Å². The number of amides is 1. The fourth-order valence-corrected chi connectivity index (χ4v) is 1.76. The van der Waals surface area contributed by atoms with Gasteiger partial charge in [-0.25, -0.2) is 13.8 Å². The highest BCUT2D eigenvalue weighted by Crippen LogP contribution is 2.10. The number of nitrogens with two attached hydrogens (primary N) is 1. The first-order valence-corrected chi connectivity index (χ1v) is 5.92. The number of aromatic nitrogens is 1. The normalized spacial score (nSPS) is 10.3. The predicted molar refractivity (Wildman–Crippen MR) is 70.9 cm³/mol. The van der Waals surface area contributed by atoms with Crippen LogP contribution in [0.5, 0.6) is 0 Å². The SMILES string of the molecule is Cc1cc(C(=O)NCc2ccc(F)c(F)c2)cc(N)n1. The predicted octanol–water partition coefficient (Wildman–Crippen LogP) is 2.18. The summed E-state index contributed by atoms with van der Waals surface area (Å²) in [5.74, 6) is -1.96. The van der Waals surface area contributed by atoms with Gasteiger partial charge in [0.25, 0.3) is 5.91 Å². The first-order valence-electron chi connectivity index (χ1n) is 5.92. The van der Waals surface area contributed by atoms with Crippen LogP contribution in [0.4, 0.5) is 14.6 Å². The van der Waals surface area contributed by atoms with Crippen LogP contribution in [-0.4, -0.2) is 10.9 Å². The maximum absolute atomic E-state index is 13.0. The maximum atomic E-state index is 13.0. The number of anilines is 1. The molecule has 0 radical (unpaired) electrons. The molecular weight excluding hydrogens is 264 g/mol. The average Bonchev–Trinajstić information content (AvgIpc) is 2.38. The Kier molecular flexibility index (Phi) is 3.93. The molecule has 0 saturated carbocycles. The lowest BCUT2D eigenvalue weighted by Gasteiger charge is -2.07. The molecule has 0 aliphatic heterocycles. The van der Waals surface area contributed by atoms with Gasteiger partial charge in [-0.15, -0.1) is 0 Å². The summed E-state index contributed by atoms with van der Waals surface area (Å²) in [6, 6.07) is 6.52. The van der Waals surface area contributed by atoms with Gasteiger partial charge in [-0.2, -0.15) is 0 Å². The van der Waals surface area contributed by atoms with E-state index in [0.717, 1.165) is 12.1 Å². The number of nitrogen functional groups attached to an aromatic ring is 1. The lowest BCUT2D eigenvalue weighted by Crippen LogP contribution is -2.23. The lowest BCUT2D eigenvalue weighted by molar-refractivity contribution is 0.0950. The summed E-state index contributed by atoms with van der Waals surface area (Å²) in [5, 5.41) is 2.60. The first kappa shape index (κ1) is 13.9. The molecule has 104 valence electrons. The third-order valence-corrected chi connectivity index (χ3v) is 2.67. The highest BCUT2D eigenvalue weighted by Gasteiger charge is 2.08. The van der Waals surface area contributed by atoms with E-state index in [1.807, 2.05) is 0 Å². The molecule has 20 heavy (non-hydrogen) atoms. The molecule has 0 unspecified atom stereocenters. The fourth-order valence-electron chi connectivity index (χ4n) is 1.76. The van der Waals surface area contributed by atoms with Crippen LogP contribution < -0.4 is 11.1 Å². The smallest absolute Gasteiger partial charge is 0.251 e. The molecule has 2 aromatic rings. The number of nitrogens with zero attached hydrogens (tertiary/aromatic N) is 1. The summed E-state index contributed by atoms with van der Waals surface area (Å²) in [6.45, 7) is 1.82. The molecule has 0 aliphatic rings. The Labute approximate surface area is 114 Å². The van der Waals surface area contributed by atoms with Crippen LogP contribution in [0.25, 0.3) is 0 Å². The van der Waals surface area contributed by atoms with E-state index in [4.69, 9.17) is 5.73 Å². The minimum absolute atomic E-state index is 0.0946. The van der Waals surface area contributed by atoms with Crippen molar-refractivity contribution in [1.82, 2.24) is 10.3 Å². The Morgan fingerprint density at radius 1 is 1.25 bits per heavy atom. The minimum atomic E-state index is -0.944. The fraction of sp³-hybridized carbons (Fsp3) is 0.143. The summed E-state index contributed by atoms with van der Waals surface area (Å²) < 4.78 is 25.8. The lowest BCUT2D eigenvalue weighted by atomic mass is 10.2. The van der Waals surface area contributed by atoms with E-state index in [0.29, 0.717) is 16.8 Å². The Morgan fingerprint density at radius 2 is 2.00 bits per heavy atom. The summed E-state index contributed by atoms with van der Waals surface area (Å²) in [7, 11) is 0. The Morgan fingerprint density at radius 3 is 2.65 bits per heavy atom. The Balaban J connectivity index is 2.06. The summed E-state index contributed by atoms with van der Waals surface area (Å²) in [4.78, 5) is 15.9. The number of nitrogens with one attached hydrogen (secondary N) is 1. The van der Waals surface area contributed by atoms with E-state index in [1.54, 1.807) is 13.0 Å². The molecule has 1 amide bonds. The van der Waals surface area contributed by atoms with E-state index in [1.165, 1.54) is 12.1 Å². The molecule has 0 spiro atoms. The van der Waals surface area contributed by atoms with Crippen molar-refractivity contribution in [3.05, 3.63) is 58.8 Å². The van der Waals surface area contributed by atoms with Gasteiger partial charge in [-0.3, -0.25) is 4.79 Å². The molecule has 4 nitrogen and oxygen atoms in total. The van der Waals surface area contributed by atoms with Crippen LogP contribution in [0.2, 0.25) is 0 Å². The molecule has 0 bridgehead atoms. The highest BCUT2D eigenvalue weighted by atomic mass is 19.2. The number of pyridine rings is 1. The molecule has 3 N–H and O–H groups in total. The number of aryl methyl sites for hydroxylation is 1. The Hall–Kier alpha value is -2.50. The quantitative estimate of drug-likeness (QED) is 0.903. The summed E-state index contributed by atoms with van der Waals surface area (Å²) in [5.41, 5.74) is 7.03. The topological polar surface area (TPSA) is 68.0 Å². The van der Waals surface area contributed by atoms with Crippen LogP contribution in [0.3, 0.4) is 0 Å². The molecule has 0 atom stereocenters. The second kappa shape index (κ2) is 5.64. The van der Waals surface area contributed by atoms with Crippen molar-refractivity contribution in [2.24, 2.45) is 0 Å². The van der Waals surface area contributed by atoms with Crippen molar-refractivity contribution in [1.29, 1.82) is 0 Å². The van der Waals surface area contributed by atoms with Crippen molar-refractivity contribution >= 4 is 11.7 Å². The summed E-state index contributed by atoms with van der Waals surface area (Å²) in [6.07, 6.45) is 0. The van der Waals surface area contributed by atoms with E-state index in [-0.39, 0.29) is 18.3 Å². The molecule has 0 aliphatic carbocycles. The number of carbonyl (C=O) groups is 1. The second-order valence-corrected chi connectivity index (χ2v) is 4.35. The highest BCUT2D eigenvalue weighted by molar-refractivity contribution is 5.94. The van der Waals surface area contributed by atoms with Gasteiger partial charge in [0.15, 0.2) is 11.6 Å². The van der Waals surface area contributed by atoms with Crippen LogP contribution in [-0.2, 0) is 6.54 Å². The molecule has 1 aromatic heterocycles. The monoisotopic (exact) mass is 277 g/mol. The van der Waals surface area contributed by atoms with Crippen molar-refractivity contribution in [3.8, 4) is 0 Å². The third-order valence-electron chi connectivity index (χ3n) is 2.67. The minimum Gasteiger partial charge on any atom is -0.384 e. The van der Waals surface area contributed by atoms with Gasteiger partial charge in [-0.05, 0) is 36.8 Å². The van der Waals surface area contributed by atoms with E-state index in [2.05, 4.69) is 10.3 Å². The van der Waals surface area contributed by atoms with E-state index < -0.39 is 11.6 Å². The zero-order chi connectivity index (χ0) is 14.7. The van der Waals surface area contributed by atoms with Crippen LogP contribution in [0, 0.1) is 18.6 Å². The average molecular weight is 277 g/mol. The molecular formula is C14H13F2N3O. The van der Waals surface area contributed by atoms with Gasteiger partial charge in [0.05, 0.1) is 0 Å². The number of halogens is 2. The molecule has 6 heteroatoms. The first-order chi connectivity index (χ1) is 9.45. The molecule has 0 saturated heterocycles. The van der Waals surface area contributed by atoms with E-state index >= 15 is 0 Å². The van der Waals surface area contributed by atoms with Crippen molar-refractivity contribution < 1.29 is 13.6 Å². The molecule has 2 rings (SSSR count). The maximum Gasteiger partial charge on any atom is 0.251 e. The molecule has 1 aromatic carbocycles. The summed E-state index contributed by atoms with van der Waals surface area (Å²) >= 11 is 0. The van der Waals surface area contributed by atoms with Gasteiger partial charge in [0, 0.05) is 17.8 Å². The van der Waals surface area contributed by atoms with Crippen LogP contribution in [0.15, 0.2) is 30.3 Å². The van der Waals surface area contributed by atoms with Crippen LogP contribution >= 0.6 is 0 Å². The second-order valence-electron chi connectivity index (χ2n) is 4.35. The number of hydrogen-bond acceptors (Lipinski definition) is 3. The number of carbonyl (C=O) groups excluding carboxylic acids is 1. The zero-order valence-electron chi connectivity index (χ0n) is 10.8. The van der Waals surface area contributed by atoms with Crippen molar-refractivity contribution in [2.45, 2.75) is 13.5 Å². The number of benzene rings is 1. The largest absolute Gasteiger partial charge is 0.384 e. The number of rotatable bonds is 3. The van der Waals surface area contributed by atoms with Gasteiger partial charge in [0.1, 0.15) is 5.82 Å².